The summed E-state index contributed by atoms with van der Waals surface area (Å²) in [6.07, 6.45) is 3.98. The molecule has 2 amide bonds. The third-order valence-electron chi connectivity index (χ3n) is 4.88. The third-order valence-corrected chi connectivity index (χ3v) is 5.17. The van der Waals surface area contributed by atoms with Gasteiger partial charge in [0.15, 0.2) is 0 Å². The molecule has 1 aromatic carbocycles. The largest absolute Gasteiger partial charge is 0.443 e. The van der Waals surface area contributed by atoms with E-state index < -0.39 is 11.9 Å². The average molecular weight is 433 g/mol. The molecule has 1 aliphatic rings. The van der Waals surface area contributed by atoms with Gasteiger partial charge >= 0.3 is 6.09 Å². The van der Waals surface area contributed by atoms with Crippen LogP contribution in [0.5, 0.6) is 0 Å². The number of nitrogens with one attached hydrogen (secondary N) is 3. The third kappa shape index (κ3) is 3.99. The van der Waals surface area contributed by atoms with E-state index in [1.165, 1.54) is 24.4 Å². The molecule has 1 atom stereocenters. The number of nitrogens with zero attached hydrogens (tertiary/aromatic N) is 3. The van der Waals surface area contributed by atoms with E-state index in [0.717, 1.165) is 11.1 Å². The fourth-order valence-electron chi connectivity index (χ4n) is 3.54. The first-order valence-electron chi connectivity index (χ1n) is 9.15. The van der Waals surface area contributed by atoms with Crippen LogP contribution in [-0.2, 0) is 24.8 Å². The smallest absolute Gasteiger partial charge is 0.408 e. The molecule has 9 nitrogen and oxygen atoms in total. The predicted octanol–water partition coefficient (Wildman–Crippen LogP) is 3.10. The van der Waals surface area contributed by atoms with Crippen molar-refractivity contribution in [3.63, 3.8) is 0 Å². The number of aryl methyl sites for hydroxylation is 1. The first-order chi connectivity index (χ1) is 14.4. The van der Waals surface area contributed by atoms with Gasteiger partial charge in [-0.3, -0.25) is 4.79 Å². The lowest BCUT2D eigenvalue weighted by molar-refractivity contribution is 0.101. The summed E-state index contributed by atoms with van der Waals surface area (Å²) in [6, 6.07) is 3.72. The number of carbonyl (C=O) groups excluding carboxylic acids is 2. The van der Waals surface area contributed by atoms with Gasteiger partial charge < -0.3 is 19.9 Å². The van der Waals surface area contributed by atoms with Gasteiger partial charge in [-0.2, -0.15) is 15.4 Å². The molecule has 156 valence electrons. The van der Waals surface area contributed by atoms with Gasteiger partial charge in [-0.05, 0) is 42.2 Å². The van der Waals surface area contributed by atoms with Gasteiger partial charge in [-0.25, -0.2) is 9.18 Å². The Hall–Kier alpha value is -3.40. The summed E-state index contributed by atoms with van der Waals surface area (Å²) >= 11 is 5.78. The van der Waals surface area contributed by atoms with Crippen molar-refractivity contribution >= 4 is 29.3 Å². The Balaban J connectivity index is 1.44. The molecule has 11 heteroatoms. The van der Waals surface area contributed by atoms with Gasteiger partial charge in [-0.1, -0.05) is 11.6 Å². The SMILES string of the molecule is Cn1cc2c(c1C(=O)Nc1ccc(F)c(Cl)c1)CCC2NC(=O)OCc1cn[nH]n1. The molecule has 3 aromatic rings. The van der Waals surface area contributed by atoms with Crippen molar-refractivity contribution in [2.45, 2.75) is 25.5 Å². The minimum absolute atomic E-state index is 0.00455. The fraction of sp³-hybridized carbons (Fsp3) is 0.263. The quantitative estimate of drug-likeness (QED) is 0.573. The maximum absolute atomic E-state index is 13.3. The number of anilines is 1. The Morgan fingerprint density at radius 2 is 2.27 bits per heavy atom. The zero-order valence-electron chi connectivity index (χ0n) is 15.9. The normalized spacial score (nSPS) is 15.0. The highest BCUT2D eigenvalue weighted by Gasteiger charge is 2.31. The van der Waals surface area contributed by atoms with Gasteiger partial charge in [0, 0.05) is 18.9 Å². The summed E-state index contributed by atoms with van der Waals surface area (Å²) in [5.41, 5.74) is 3.09. The first kappa shape index (κ1) is 19.9. The van der Waals surface area contributed by atoms with Crippen LogP contribution in [0.2, 0.25) is 5.02 Å². The number of hydrogen-bond donors (Lipinski definition) is 3. The lowest BCUT2D eigenvalue weighted by Gasteiger charge is -2.12. The van der Waals surface area contributed by atoms with Crippen LogP contribution in [0, 0.1) is 5.82 Å². The molecule has 0 fully saturated rings. The van der Waals surface area contributed by atoms with E-state index >= 15 is 0 Å². The standard InChI is InChI=1S/C19H18ClFN6O3/c1-27-8-13-12(17(27)18(28)23-10-2-4-15(21)14(20)6-10)3-5-16(13)24-19(29)30-9-11-7-22-26-25-11/h2,4,6-8,16H,3,5,9H2,1H3,(H,23,28)(H,24,29)(H,22,25,26). The number of hydrogen-bond acceptors (Lipinski definition) is 5. The molecule has 4 rings (SSSR count). The number of ether oxygens (including phenoxy) is 1. The molecule has 0 spiro atoms. The number of aromatic nitrogens is 4. The van der Waals surface area contributed by atoms with Crippen molar-refractivity contribution in [2.75, 3.05) is 5.32 Å². The molecule has 30 heavy (non-hydrogen) atoms. The molecule has 2 heterocycles. The number of amides is 2. The molecule has 0 aliphatic heterocycles. The van der Waals surface area contributed by atoms with Crippen molar-refractivity contribution in [2.24, 2.45) is 7.05 Å². The zero-order valence-corrected chi connectivity index (χ0v) is 16.7. The maximum Gasteiger partial charge on any atom is 0.408 e. The van der Waals surface area contributed by atoms with Crippen LogP contribution in [0.4, 0.5) is 14.9 Å². The van der Waals surface area contributed by atoms with Gasteiger partial charge in [0.25, 0.3) is 5.91 Å². The molecular formula is C19H18ClFN6O3. The number of rotatable bonds is 5. The summed E-state index contributed by atoms with van der Waals surface area (Å²) in [5, 5.41) is 15.4. The molecule has 0 bridgehead atoms. The second-order valence-electron chi connectivity index (χ2n) is 6.88. The first-order valence-corrected chi connectivity index (χ1v) is 9.52. The summed E-state index contributed by atoms with van der Waals surface area (Å²) in [6.45, 7) is 0.00455. The Bertz CT molecular complexity index is 1100. The number of halogens is 2. The van der Waals surface area contributed by atoms with Crippen LogP contribution in [0.25, 0.3) is 0 Å². The van der Waals surface area contributed by atoms with Gasteiger partial charge in [0.2, 0.25) is 0 Å². The van der Waals surface area contributed by atoms with Gasteiger partial charge in [-0.15, -0.1) is 0 Å². The molecular weight excluding hydrogens is 415 g/mol. The maximum atomic E-state index is 13.3. The highest BCUT2D eigenvalue weighted by atomic mass is 35.5. The topological polar surface area (TPSA) is 114 Å². The number of carbonyl (C=O) groups is 2. The molecule has 2 aromatic heterocycles. The van der Waals surface area contributed by atoms with Crippen LogP contribution in [0.3, 0.4) is 0 Å². The number of alkyl carbamates (subject to hydrolysis) is 1. The summed E-state index contributed by atoms with van der Waals surface area (Å²) in [4.78, 5) is 24.9. The van der Waals surface area contributed by atoms with Crippen molar-refractivity contribution in [1.82, 2.24) is 25.3 Å². The summed E-state index contributed by atoms with van der Waals surface area (Å²) < 4.78 is 20.2. The van der Waals surface area contributed by atoms with Crippen LogP contribution in [-0.4, -0.2) is 32.0 Å². The number of benzene rings is 1. The van der Waals surface area contributed by atoms with Crippen LogP contribution < -0.4 is 10.6 Å². The van der Waals surface area contributed by atoms with E-state index in [1.54, 1.807) is 11.6 Å². The number of H-pyrrole nitrogens is 1. The van der Waals surface area contributed by atoms with Gasteiger partial charge in [0.1, 0.15) is 23.8 Å². The monoisotopic (exact) mass is 432 g/mol. The Kier molecular flexibility index (Phi) is 5.40. The Labute approximate surface area is 175 Å². The number of aromatic amines is 1. The van der Waals surface area contributed by atoms with E-state index in [9.17, 15) is 14.0 Å². The molecule has 1 aliphatic carbocycles. The van der Waals surface area contributed by atoms with Crippen LogP contribution in [0.1, 0.15) is 39.8 Å². The van der Waals surface area contributed by atoms with E-state index in [0.29, 0.717) is 29.9 Å². The highest BCUT2D eigenvalue weighted by molar-refractivity contribution is 6.31. The molecule has 1 unspecified atom stereocenters. The van der Waals surface area contributed by atoms with Gasteiger partial charge in [0.05, 0.1) is 17.3 Å². The van der Waals surface area contributed by atoms with Crippen LogP contribution in [0.15, 0.2) is 30.6 Å². The predicted molar refractivity (Wildman–Crippen MR) is 106 cm³/mol. The molecule has 0 radical (unpaired) electrons. The second-order valence-corrected chi connectivity index (χ2v) is 7.29. The highest BCUT2D eigenvalue weighted by Crippen LogP contribution is 2.35. The minimum Gasteiger partial charge on any atom is -0.443 e. The molecule has 3 N–H and O–H groups in total. The van der Waals surface area contributed by atoms with Crippen molar-refractivity contribution < 1.29 is 18.7 Å². The molecule has 0 saturated heterocycles. The van der Waals surface area contributed by atoms with E-state index in [1.807, 2.05) is 6.20 Å². The Morgan fingerprint density at radius 3 is 3.00 bits per heavy atom. The fourth-order valence-corrected chi connectivity index (χ4v) is 3.72. The molecule has 0 saturated carbocycles. The Morgan fingerprint density at radius 1 is 1.43 bits per heavy atom. The summed E-state index contributed by atoms with van der Waals surface area (Å²) in [5.74, 6) is -0.894. The van der Waals surface area contributed by atoms with Crippen molar-refractivity contribution in [3.05, 3.63) is 63.9 Å². The number of fused-ring (bicyclic) bond motifs is 1. The van der Waals surface area contributed by atoms with Crippen LogP contribution >= 0.6 is 11.6 Å². The summed E-state index contributed by atoms with van der Waals surface area (Å²) in [7, 11) is 1.75. The van der Waals surface area contributed by atoms with Crippen molar-refractivity contribution in [1.29, 1.82) is 0 Å². The average Bonchev–Trinajstić information content (AvgIpc) is 3.41. The lowest BCUT2D eigenvalue weighted by atomic mass is 10.1. The van der Waals surface area contributed by atoms with Crippen molar-refractivity contribution in [3.8, 4) is 0 Å². The van der Waals surface area contributed by atoms with E-state index in [4.69, 9.17) is 16.3 Å². The minimum atomic E-state index is -0.577. The van der Waals surface area contributed by atoms with E-state index in [-0.39, 0.29) is 23.6 Å². The second kappa shape index (κ2) is 8.15. The van der Waals surface area contributed by atoms with E-state index in [2.05, 4.69) is 26.0 Å². The zero-order chi connectivity index (χ0) is 21.3. The lowest BCUT2D eigenvalue weighted by Crippen LogP contribution is -2.27.